The number of amides is 1. The van der Waals surface area contributed by atoms with E-state index >= 15 is 0 Å². The fraction of sp³-hybridized carbons (Fsp3) is 0.231. The standard InChI is InChI=1S/C13H13ClN4O2/c1-8-13(9(2)19)16-17-18(8)7-12(20)15-11-5-3-4-10(14)6-11/h3-6H,7H2,1-2H3,(H,15,20). The Morgan fingerprint density at radius 2 is 2.15 bits per heavy atom. The number of ketones is 1. The number of anilines is 1. The Balaban J connectivity index is 2.07. The maximum absolute atomic E-state index is 11.9. The fourth-order valence-corrected chi connectivity index (χ4v) is 1.93. The minimum Gasteiger partial charge on any atom is -0.324 e. The molecule has 1 aromatic heterocycles. The summed E-state index contributed by atoms with van der Waals surface area (Å²) in [6, 6.07) is 6.85. The van der Waals surface area contributed by atoms with Gasteiger partial charge < -0.3 is 5.32 Å². The van der Waals surface area contributed by atoms with Gasteiger partial charge in [0.05, 0.1) is 5.69 Å². The zero-order valence-corrected chi connectivity index (χ0v) is 11.8. The maximum Gasteiger partial charge on any atom is 0.246 e. The number of aromatic nitrogens is 3. The first-order valence-electron chi connectivity index (χ1n) is 5.94. The summed E-state index contributed by atoms with van der Waals surface area (Å²) in [5, 5.41) is 10.8. The molecule has 104 valence electrons. The van der Waals surface area contributed by atoms with Crippen LogP contribution in [-0.2, 0) is 11.3 Å². The molecule has 0 spiro atoms. The van der Waals surface area contributed by atoms with Gasteiger partial charge in [-0.2, -0.15) is 0 Å². The lowest BCUT2D eigenvalue weighted by Gasteiger charge is -2.06. The number of nitrogens with one attached hydrogen (secondary N) is 1. The molecular formula is C13H13ClN4O2. The molecule has 0 radical (unpaired) electrons. The van der Waals surface area contributed by atoms with Gasteiger partial charge in [0.15, 0.2) is 11.5 Å². The zero-order chi connectivity index (χ0) is 14.7. The SMILES string of the molecule is CC(=O)c1nnn(CC(=O)Nc2cccc(Cl)c2)c1C. The van der Waals surface area contributed by atoms with Crippen molar-refractivity contribution in [2.45, 2.75) is 20.4 Å². The van der Waals surface area contributed by atoms with Crippen LogP contribution in [-0.4, -0.2) is 26.7 Å². The second-order valence-corrected chi connectivity index (χ2v) is 4.73. The highest BCUT2D eigenvalue weighted by molar-refractivity contribution is 6.30. The number of benzene rings is 1. The topological polar surface area (TPSA) is 76.9 Å². The molecule has 2 rings (SSSR count). The van der Waals surface area contributed by atoms with Crippen LogP contribution < -0.4 is 5.32 Å². The Labute approximate surface area is 120 Å². The second-order valence-electron chi connectivity index (χ2n) is 4.30. The van der Waals surface area contributed by atoms with Crippen molar-refractivity contribution in [3.63, 3.8) is 0 Å². The number of hydrogen-bond acceptors (Lipinski definition) is 4. The van der Waals surface area contributed by atoms with Gasteiger partial charge in [-0.05, 0) is 25.1 Å². The minimum atomic E-state index is -0.268. The third-order valence-corrected chi connectivity index (χ3v) is 2.95. The average Bonchev–Trinajstić information content (AvgIpc) is 2.71. The Kier molecular flexibility index (Phi) is 4.14. The summed E-state index contributed by atoms with van der Waals surface area (Å²) in [5.74, 6) is -0.445. The van der Waals surface area contributed by atoms with Crippen LogP contribution in [0, 0.1) is 6.92 Å². The van der Waals surface area contributed by atoms with Gasteiger partial charge in [0.2, 0.25) is 5.91 Å². The molecule has 0 atom stereocenters. The van der Waals surface area contributed by atoms with Crippen molar-refractivity contribution in [2.75, 3.05) is 5.32 Å². The quantitative estimate of drug-likeness (QED) is 0.875. The van der Waals surface area contributed by atoms with E-state index in [2.05, 4.69) is 15.6 Å². The first-order chi connectivity index (χ1) is 9.47. The maximum atomic E-state index is 11.9. The van der Waals surface area contributed by atoms with Crippen LogP contribution in [0.4, 0.5) is 5.69 Å². The van der Waals surface area contributed by atoms with Crippen LogP contribution >= 0.6 is 11.6 Å². The predicted molar refractivity (Wildman–Crippen MR) is 74.8 cm³/mol. The van der Waals surface area contributed by atoms with E-state index in [1.54, 1.807) is 31.2 Å². The van der Waals surface area contributed by atoms with Gasteiger partial charge in [-0.3, -0.25) is 9.59 Å². The van der Waals surface area contributed by atoms with E-state index in [1.807, 2.05) is 0 Å². The van der Waals surface area contributed by atoms with Gasteiger partial charge in [-0.15, -0.1) is 5.10 Å². The number of carbonyl (C=O) groups excluding carboxylic acids is 2. The fourth-order valence-electron chi connectivity index (χ4n) is 1.74. The van der Waals surface area contributed by atoms with E-state index < -0.39 is 0 Å². The first kappa shape index (κ1) is 14.2. The van der Waals surface area contributed by atoms with Crippen molar-refractivity contribution >= 4 is 29.0 Å². The van der Waals surface area contributed by atoms with E-state index in [9.17, 15) is 9.59 Å². The molecule has 1 aromatic carbocycles. The van der Waals surface area contributed by atoms with Crippen molar-refractivity contribution in [3.8, 4) is 0 Å². The molecule has 7 heteroatoms. The van der Waals surface area contributed by atoms with Gasteiger partial charge in [0.1, 0.15) is 6.54 Å². The molecule has 0 saturated carbocycles. The highest BCUT2D eigenvalue weighted by Gasteiger charge is 2.14. The molecule has 1 amide bonds. The Hall–Kier alpha value is -2.21. The van der Waals surface area contributed by atoms with Gasteiger partial charge in [-0.25, -0.2) is 4.68 Å². The first-order valence-corrected chi connectivity index (χ1v) is 6.31. The zero-order valence-electron chi connectivity index (χ0n) is 11.1. The van der Waals surface area contributed by atoms with Gasteiger partial charge in [-0.1, -0.05) is 22.9 Å². The Bertz CT molecular complexity index is 666. The third-order valence-electron chi connectivity index (χ3n) is 2.72. The summed E-state index contributed by atoms with van der Waals surface area (Å²) in [6.45, 7) is 3.09. The Morgan fingerprint density at radius 1 is 1.40 bits per heavy atom. The summed E-state index contributed by atoms with van der Waals surface area (Å²) in [5.41, 5.74) is 1.45. The van der Waals surface area contributed by atoms with Crippen LogP contribution in [0.15, 0.2) is 24.3 Å². The second kappa shape index (κ2) is 5.83. The molecule has 0 aliphatic rings. The Morgan fingerprint density at radius 3 is 2.75 bits per heavy atom. The lowest BCUT2D eigenvalue weighted by molar-refractivity contribution is -0.117. The van der Waals surface area contributed by atoms with E-state index in [0.29, 0.717) is 16.4 Å². The summed E-state index contributed by atoms with van der Waals surface area (Å²) >= 11 is 5.84. The van der Waals surface area contributed by atoms with Gasteiger partial charge in [0, 0.05) is 17.6 Å². The number of rotatable bonds is 4. The molecule has 0 bridgehead atoms. The van der Waals surface area contributed by atoms with Crippen LogP contribution in [0.2, 0.25) is 5.02 Å². The number of Topliss-reactive ketones (excluding diaryl/α,β-unsaturated/α-hetero) is 1. The number of hydrogen-bond donors (Lipinski definition) is 1. The largest absolute Gasteiger partial charge is 0.324 e. The summed E-state index contributed by atoms with van der Waals surface area (Å²) in [4.78, 5) is 23.2. The lowest BCUT2D eigenvalue weighted by Crippen LogP contribution is -2.20. The van der Waals surface area contributed by atoms with Crippen LogP contribution in [0.5, 0.6) is 0 Å². The summed E-state index contributed by atoms with van der Waals surface area (Å²) in [7, 11) is 0. The minimum absolute atomic E-state index is 0.0153. The molecule has 0 aliphatic carbocycles. The van der Waals surface area contributed by atoms with Crippen molar-refractivity contribution in [1.29, 1.82) is 0 Å². The third kappa shape index (κ3) is 3.21. The average molecular weight is 293 g/mol. The van der Waals surface area contributed by atoms with E-state index in [-0.39, 0.29) is 23.9 Å². The molecule has 0 saturated heterocycles. The molecule has 6 nitrogen and oxygen atoms in total. The van der Waals surface area contributed by atoms with Gasteiger partial charge in [0.25, 0.3) is 0 Å². The molecular weight excluding hydrogens is 280 g/mol. The summed E-state index contributed by atoms with van der Waals surface area (Å²) in [6.07, 6.45) is 0. The number of carbonyl (C=O) groups is 2. The smallest absolute Gasteiger partial charge is 0.246 e. The molecule has 1 N–H and O–H groups in total. The monoisotopic (exact) mass is 292 g/mol. The normalized spacial score (nSPS) is 10.3. The van der Waals surface area contributed by atoms with E-state index in [4.69, 9.17) is 11.6 Å². The van der Waals surface area contributed by atoms with E-state index in [0.717, 1.165) is 0 Å². The number of halogens is 1. The van der Waals surface area contributed by atoms with Gasteiger partial charge >= 0.3 is 0 Å². The van der Waals surface area contributed by atoms with Crippen LogP contribution in [0.3, 0.4) is 0 Å². The highest BCUT2D eigenvalue weighted by atomic mass is 35.5. The number of nitrogens with zero attached hydrogens (tertiary/aromatic N) is 3. The van der Waals surface area contributed by atoms with Crippen molar-refractivity contribution < 1.29 is 9.59 Å². The van der Waals surface area contributed by atoms with Crippen molar-refractivity contribution in [1.82, 2.24) is 15.0 Å². The molecule has 0 unspecified atom stereocenters. The molecule has 20 heavy (non-hydrogen) atoms. The highest BCUT2D eigenvalue weighted by Crippen LogP contribution is 2.15. The molecule has 0 aliphatic heterocycles. The molecule has 0 fully saturated rings. The van der Waals surface area contributed by atoms with Crippen LogP contribution in [0.1, 0.15) is 23.1 Å². The van der Waals surface area contributed by atoms with Crippen molar-refractivity contribution in [3.05, 3.63) is 40.7 Å². The van der Waals surface area contributed by atoms with E-state index in [1.165, 1.54) is 11.6 Å². The molecule has 2 aromatic rings. The van der Waals surface area contributed by atoms with Crippen LogP contribution in [0.25, 0.3) is 0 Å². The lowest BCUT2D eigenvalue weighted by atomic mass is 10.2. The van der Waals surface area contributed by atoms with Crippen molar-refractivity contribution in [2.24, 2.45) is 0 Å². The predicted octanol–water partition coefficient (Wildman–Crippen LogP) is 2.08. The molecule has 1 heterocycles. The summed E-state index contributed by atoms with van der Waals surface area (Å²) < 4.78 is 1.39.